The Hall–Kier alpha value is -2.28. The van der Waals surface area contributed by atoms with Crippen LogP contribution in [0.15, 0.2) is 24.3 Å². The molecule has 0 radical (unpaired) electrons. The van der Waals surface area contributed by atoms with Crippen molar-refractivity contribution in [1.29, 1.82) is 0 Å². The van der Waals surface area contributed by atoms with Gasteiger partial charge in [0.25, 0.3) is 0 Å². The zero-order chi connectivity index (χ0) is 17.3. The third-order valence-corrected chi connectivity index (χ3v) is 5.19. The van der Waals surface area contributed by atoms with Gasteiger partial charge in [-0.3, -0.25) is 9.69 Å². The van der Waals surface area contributed by atoms with Gasteiger partial charge in [0.1, 0.15) is 5.82 Å². The van der Waals surface area contributed by atoms with E-state index in [9.17, 15) is 14.0 Å². The van der Waals surface area contributed by atoms with Crippen molar-refractivity contribution in [2.45, 2.75) is 26.8 Å². The van der Waals surface area contributed by atoms with Crippen LogP contribution in [0.25, 0.3) is 0 Å². The smallest absolute Gasteiger partial charge is 0.318 e. The second-order valence-corrected chi connectivity index (χ2v) is 6.65. The molecule has 1 aromatic carbocycles. The molecule has 0 spiro atoms. The van der Waals surface area contributed by atoms with Gasteiger partial charge in [0.15, 0.2) is 10.9 Å². The van der Waals surface area contributed by atoms with Crippen molar-refractivity contribution in [3.63, 3.8) is 0 Å². The lowest BCUT2D eigenvalue weighted by molar-refractivity contribution is 0.0991. The molecule has 24 heavy (non-hydrogen) atoms. The standard InChI is InChI=1S/C17H18FN3O2S/c1-3-14(22)15-11(2)19-16(24-15)21-9-8-20(17(21)23)10-12-4-6-13(18)7-5-12/h4-7H,3,8-10H2,1-2H3. The molecule has 1 aromatic heterocycles. The second kappa shape index (κ2) is 6.68. The summed E-state index contributed by atoms with van der Waals surface area (Å²) in [5.74, 6) is -0.245. The summed E-state index contributed by atoms with van der Waals surface area (Å²) in [4.78, 5) is 32.8. The van der Waals surface area contributed by atoms with Crippen LogP contribution < -0.4 is 4.90 Å². The van der Waals surface area contributed by atoms with E-state index in [-0.39, 0.29) is 17.6 Å². The summed E-state index contributed by atoms with van der Waals surface area (Å²) in [5.41, 5.74) is 1.55. The number of thiazole rings is 1. The van der Waals surface area contributed by atoms with E-state index in [1.165, 1.54) is 23.5 Å². The normalized spacial score (nSPS) is 14.5. The molecule has 0 unspecified atom stereocenters. The van der Waals surface area contributed by atoms with Crippen LogP contribution in [0.1, 0.15) is 34.3 Å². The molecular weight excluding hydrogens is 329 g/mol. The number of carbonyl (C=O) groups is 2. The summed E-state index contributed by atoms with van der Waals surface area (Å²) in [6.45, 7) is 5.14. The molecule has 1 saturated heterocycles. The van der Waals surface area contributed by atoms with Crippen LogP contribution in [0.4, 0.5) is 14.3 Å². The van der Waals surface area contributed by atoms with E-state index in [2.05, 4.69) is 4.98 Å². The van der Waals surface area contributed by atoms with Crippen molar-refractivity contribution < 1.29 is 14.0 Å². The lowest BCUT2D eigenvalue weighted by Gasteiger charge is -2.16. The number of rotatable bonds is 5. The van der Waals surface area contributed by atoms with Crippen molar-refractivity contribution >= 4 is 28.3 Å². The molecule has 3 rings (SSSR count). The average Bonchev–Trinajstić information content (AvgIpc) is 3.12. The van der Waals surface area contributed by atoms with Crippen molar-refractivity contribution in [3.05, 3.63) is 46.2 Å². The first-order valence-electron chi connectivity index (χ1n) is 7.81. The molecule has 2 heterocycles. The number of anilines is 1. The minimum atomic E-state index is -0.292. The summed E-state index contributed by atoms with van der Waals surface area (Å²) in [6.07, 6.45) is 0.424. The number of halogens is 1. The maximum atomic E-state index is 13.0. The molecule has 2 amide bonds. The Morgan fingerprint density at radius 1 is 1.29 bits per heavy atom. The molecule has 0 aliphatic carbocycles. The number of benzene rings is 1. The molecule has 1 aliphatic rings. The van der Waals surface area contributed by atoms with Gasteiger partial charge in [0.05, 0.1) is 10.6 Å². The highest BCUT2D eigenvalue weighted by molar-refractivity contribution is 7.17. The summed E-state index contributed by atoms with van der Waals surface area (Å²) in [7, 11) is 0. The van der Waals surface area contributed by atoms with E-state index in [0.29, 0.717) is 41.8 Å². The minimum absolute atomic E-state index is 0.0473. The lowest BCUT2D eigenvalue weighted by atomic mass is 10.2. The van der Waals surface area contributed by atoms with E-state index < -0.39 is 0 Å². The van der Waals surface area contributed by atoms with Gasteiger partial charge in [0, 0.05) is 26.1 Å². The molecule has 1 fully saturated rings. The maximum absolute atomic E-state index is 13.0. The van der Waals surface area contributed by atoms with Gasteiger partial charge >= 0.3 is 6.03 Å². The van der Waals surface area contributed by atoms with Gasteiger partial charge in [-0.15, -0.1) is 0 Å². The molecular formula is C17H18FN3O2S. The number of urea groups is 1. The Morgan fingerprint density at radius 2 is 2.00 bits per heavy atom. The third kappa shape index (κ3) is 3.17. The van der Waals surface area contributed by atoms with E-state index in [0.717, 1.165) is 5.56 Å². The molecule has 2 aromatic rings. The Bertz CT molecular complexity index is 773. The number of hydrogen-bond acceptors (Lipinski definition) is 4. The monoisotopic (exact) mass is 347 g/mol. The highest BCUT2D eigenvalue weighted by atomic mass is 32.1. The first kappa shape index (κ1) is 16.6. The topological polar surface area (TPSA) is 53.5 Å². The predicted octanol–water partition coefficient (Wildman–Crippen LogP) is 3.63. The number of nitrogens with zero attached hydrogens (tertiary/aromatic N) is 3. The van der Waals surface area contributed by atoms with Gasteiger partial charge in [-0.05, 0) is 24.6 Å². The van der Waals surface area contributed by atoms with Crippen LogP contribution in [-0.2, 0) is 6.54 Å². The second-order valence-electron chi connectivity index (χ2n) is 5.67. The number of aromatic nitrogens is 1. The molecule has 0 atom stereocenters. The van der Waals surface area contributed by atoms with Crippen LogP contribution in [0.5, 0.6) is 0 Å². The number of carbonyl (C=O) groups excluding carboxylic acids is 2. The maximum Gasteiger partial charge on any atom is 0.326 e. The number of ketones is 1. The Labute approximate surface area is 143 Å². The van der Waals surface area contributed by atoms with Crippen LogP contribution in [0, 0.1) is 12.7 Å². The fourth-order valence-electron chi connectivity index (χ4n) is 2.63. The summed E-state index contributed by atoms with van der Waals surface area (Å²) in [6, 6.07) is 6.00. The van der Waals surface area contributed by atoms with Crippen molar-refractivity contribution in [2.24, 2.45) is 0 Å². The number of aryl methyl sites for hydroxylation is 1. The van der Waals surface area contributed by atoms with Gasteiger partial charge in [-0.2, -0.15) is 0 Å². The highest BCUT2D eigenvalue weighted by Crippen LogP contribution is 2.30. The zero-order valence-electron chi connectivity index (χ0n) is 13.6. The lowest BCUT2D eigenvalue weighted by Crippen LogP contribution is -2.31. The number of Topliss-reactive ketones (excluding diaryl/α,β-unsaturated/α-hetero) is 1. The van der Waals surface area contributed by atoms with Crippen LogP contribution in [0.3, 0.4) is 0 Å². The summed E-state index contributed by atoms with van der Waals surface area (Å²) >= 11 is 1.27. The number of hydrogen-bond donors (Lipinski definition) is 0. The van der Waals surface area contributed by atoms with Gasteiger partial charge in [-0.1, -0.05) is 30.4 Å². The SMILES string of the molecule is CCC(=O)c1sc(N2CCN(Cc3ccc(F)cc3)C2=O)nc1C. The molecule has 0 bridgehead atoms. The minimum Gasteiger partial charge on any atom is -0.318 e. The van der Waals surface area contributed by atoms with Crippen LogP contribution in [-0.4, -0.2) is 34.8 Å². The largest absolute Gasteiger partial charge is 0.326 e. The molecule has 5 nitrogen and oxygen atoms in total. The van der Waals surface area contributed by atoms with E-state index >= 15 is 0 Å². The van der Waals surface area contributed by atoms with Crippen LogP contribution >= 0.6 is 11.3 Å². The number of amides is 2. The highest BCUT2D eigenvalue weighted by Gasteiger charge is 2.32. The Kier molecular flexibility index (Phi) is 4.62. The fraction of sp³-hybridized carbons (Fsp3) is 0.353. The molecule has 1 aliphatic heterocycles. The predicted molar refractivity (Wildman–Crippen MR) is 91.0 cm³/mol. The quantitative estimate of drug-likeness (QED) is 0.776. The Balaban J connectivity index is 1.74. The van der Waals surface area contributed by atoms with E-state index in [1.807, 2.05) is 6.92 Å². The van der Waals surface area contributed by atoms with Gasteiger partial charge in [-0.25, -0.2) is 14.2 Å². The van der Waals surface area contributed by atoms with E-state index in [1.54, 1.807) is 28.9 Å². The molecule has 0 saturated carbocycles. The summed E-state index contributed by atoms with van der Waals surface area (Å²) < 4.78 is 13.0. The van der Waals surface area contributed by atoms with Crippen LogP contribution in [0.2, 0.25) is 0 Å². The first-order chi connectivity index (χ1) is 11.5. The van der Waals surface area contributed by atoms with Crippen molar-refractivity contribution in [3.8, 4) is 0 Å². The average molecular weight is 347 g/mol. The van der Waals surface area contributed by atoms with Gasteiger partial charge < -0.3 is 4.90 Å². The molecule has 7 heteroatoms. The van der Waals surface area contributed by atoms with E-state index in [4.69, 9.17) is 0 Å². The zero-order valence-corrected chi connectivity index (χ0v) is 14.4. The van der Waals surface area contributed by atoms with Crippen molar-refractivity contribution in [2.75, 3.05) is 18.0 Å². The first-order valence-corrected chi connectivity index (χ1v) is 8.62. The molecule has 126 valence electrons. The third-order valence-electron chi connectivity index (χ3n) is 3.97. The van der Waals surface area contributed by atoms with Crippen molar-refractivity contribution in [1.82, 2.24) is 9.88 Å². The molecule has 0 N–H and O–H groups in total. The van der Waals surface area contributed by atoms with Gasteiger partial charge in [0.2, 0.25) is 0 Å². The Morgan fingerprint density at radius 3 is 2.67 bits per heavy atom. The summed E-state index contributed by atoms with van der Waals surface area (Å²) in [5, 5.41) is 0.566. The fourth-order valence-corrected chi connectivity index (χ4v) is 3.73.